The van der Waals surface area contributed by atoms with Gasteiger partial charge in [0.25, 0.3) is 0 Å². The van der Waals surface area contributed by atoms with Gasteiger partial charge in [-0.3, -0.25) is 9.59 Å². The molecule has 0 rings (SSSR count). The highest BCUT2D eigenvalue weighted by Gasteiger charge is 2.19. The molecule has 0 spiro atoms. The Morgan fingerprint density at radius 3 is 2.50 bits per heavy atom. The van der Waals surface area contributed by atoms with Crippen molar-refractivity contribution in [1.29, 1.82) is 0 Å². The van der Waals surface area contributed by atoms with Crippen LogP contribution in [0.5, 0.6) is 0 Å². The third-order valence-corrected chi connectivity index (χ3v) is 2.11. The van der Waals surface area contributed by atoms with Crippen molar-refractivity contribution in [3.63, 3.8) is 0 Å². The van der Waals surface area contributed by atoms with Crippen LogP contribution in [0.3, 0.4) is 0 Å². The molecule has 16 heavy (non-hydrogen) atoms. The SMILES string of the molecule is CCCC(COC)NC(=O)C(N)CC(N)=O. The standard InChI is InChI=1S/C10H21N3O3/c1-3-4-7(6-16-2)13-10(15)8(11)5-9(12)14/h7-8H,3-6,11H2,1-2H3,(H2,12,14)(H,13,15). The van der Waals surface area contributed by atoms with Crippen molar-refractivity contribution in [2.45, 2.75) is 38.3 Å². The molecule has 0 aliphatic heterocycles. The van der Waals surface area contributed by atoms with E-state index in [1.165, 1.54) is 0 Å². The van der Waals surface area contributed by atoms with Crippen LogP contribution in [-0.2, 0) is 14.3 Å². The van der Waals surface area contributed by atoms with E-state index < -0.39 is 11.9 Å². The Balaban J connectivity index is 4.11. The van der Waals surface area contributed by atoms with Crippen molar-refractivity contribution in [2.24, 2.45) is 11.5 Å². The molecular weight excluding hydrogens is 210 g/mol. The van der Waals surface area contributed by atoms with Gasteiger partial charge in [-0.15, -0.1) is 0 Å². The molecule has 0 radical (unpaired) electrons. The van der Waals surface area contributed by atoms with E-state index in [9.17, 15) is 9.59 Å². The van der Waals surface area contributed by atoms with Gasteiger partial charge < -0.3 is 21.5 Å². The summed E-state index contributed by atoms with van der Waals surface area (Å²) in [4.78, 5) is 22.1. The zero-order chi connectivity index (χ0) is 12.6. The summed E-state index contributed by atoms with van der Waals surface area (Å²) in [5.74, 6) is -0.948. The summed E-state index contributed by atoms with van der Waals surface area (Å²) in [5.41, 5.74) is 10.5. The number of carbonyl (C=O) groups excluding carboxylic acids is 2. The highest BCUT2D eigenvalue weighted by molar-refractivity contribution is 5.87. The van der Waals surface area contributed by atoms with Crippen LogP contribution in [0.25, 0.3) is 0 Å². The quantitative estimate of drug-likeness (QED) is 0.504. The van der Waals surface area contributed by atoms with Crippen LogP contribution in [-0.4, -0.2) is 37.6 Å². The summed E-state index contributed by atoms with van der Waals surface area (Å²) in [5, 5.41) is 2.73. The molecule has 0 bridgehead atoms. The van der Waals surface area contributed by atoms with Gasteiger partial charge in [-0.1, -0.05) is 13.3 Å². The summed E-state index contributed by atoms with van der Waals surface area (Å²) < 4.78 is 4.97. The molecular formula is C10H21N3O3. The van der Waals surface area contributed by atoms with Gasteiger partial charge in [0, 0.05) is 7.11 Å². The van der Waals surface area contributed by atoms with Crippen LogP contribution in [0.2, 0.25) is 0 Å². The first-order valence-corrected chi connectivity index (χ1v) is 5.34. The van der Waals surface area contributed by atoms with Gasteiger partial charge in [-0.05, 0) is 6.42 Å². The van der Waals surface area contributed by atoms with Crippen LogP contribution < -0.4 is 16.8 Å². The summed E-state index contributed by atoms with van der Waals surface area (Å²) >= 11 is 0. The lowest BCUT2D eigenvalue weighted by Gasteiger charge is -2.19. The lowest BCUT2D eigenvalue weighted by Crippen LogP contribution is -2.48. The Morgan fingerprint density at radius 1 is 1.44 bits per heavy atom. The molecule has 0 aromatic heterocycles. The second kappa shape index (κ2) is 8.06. The molecule has 5 N–H and O–H groups in total. The van der Waals surface area contributed by atoms with E-state index in [1.807, 2.05) is 6.92 Å². The summed E-state index contributed by atoms with van der Waals surface area (Å²) in [6.07, 6.45) is 1.60. The molecule has 6 nitrogen and oxygen atoms in total. The topological polar surface area (TPSA) is 107 Å². The van der Waals surface area contributed by atoms with E-state index in [4.69, 9.17) is 16.2 Å². The molecule has 0 aromatic rings. The molecule has 2 amide bonds. The predicted molar refractivity (Wildman–Crippen MR) is 60.5 cm³/mol. The molecule has 0 aromatic carbocycles. The maximum atomic E-state index is 11.5. The van der Waals surface area contributed by atoms with E-state index in [-0.39, 0.29) is 18.4 Å². The number of methoxy groups -OCH3 is 1. The minimum atomic E-state index is -0.881. The smallest absolute Gasteiger partial charge is 0.237 e. The molecule has 2 unspecified atom stereocenters. The molecule has 0 aliphatic rings. The Kier molecular flexibility index (Phi) is 7.49. The lowest BCUT2D eigenvalue weighted by molar-refractivity contribution is -0.127. The Hall–Kier alpha value is -1.14. The fraction of sp³-hybridized carbons (Fsp3) is 0.800. The van der Waals surface area contributed by atoms with Gasteiger partial charge in [0.2, 0.25) is 11.8 Å². The zero-order valence-electron chi connectivity index (χ0n) is 9.86. The number of carbonyl (C=O) groups is 2. The number of hydrogen-bond donors (Lipinski definition) is 3. The van der Waals surface area contributed by atoms with Crippen molar-refractivity contribution in [2.75, 3.05) is 13.7 Å². The third-order valence-electron chi connectivity index (χ3n) is 2.11. The van der Waals surface area contributed by atoms with E-state index in [0.717, 1.165) is 12.8 Å². The second-order valence-electron chi connectivity index (χ2n) is 3.73. The lowest BCUT2D eigenvalue weighted by atomic mass is 10.1. The Labute approximate surface area is 95.7 Å². The van der Waals surface area contributed by atoms with Crippen molar-refractivity contribution < 1.29 is 14.3 Å². The molecule has 0 saturated heterocycles. The first-order chi connectivity index (χ1) is 7.51. The van der Waals surface area contributed by atoms with Crippen molar-refractivity contribution in [3.05, 3.63) is 0 Å². The van der Waals surface area contributed by atoms with Crippen molar-refractivity contribution >= 4 is 11.8 Å². The Morgan fingerprint density at radius 2 is 2.06 bits per heavy atom. The molecule has 6 heteroatoms. The summed E-state index contributed by atoms with van der Waals surface area (Å²) in [6, 6.07) is -0.949. The van der Waals surface area contributed by atoms with E-state index >= 15 is 0 Å². The predicted octanol–water partition coefficient (Wildman–Crippen LogP) is -0.880. The van der Waals surface area contributed by atoms with Gasteiger partial charge in [-0.2, -0.15) is 0 Å². The highest BCUT2D eigenvalue weighted by Crippen LogP contribution is 1.98. The molecule has 0 saturated carbocycles. The van der Waals surface area contributed by atoms with E-state index in [2.05, 4.69) is 5.32 Å². The van der Waals surface area contributed by atoms with Crippen LogP contribution in [0.4, 0.5) is 0 Å². The first kappa shape index (κ1) is 14.9. The highest BCUT2D eigenvalue weighted by atomic mass is 16.5. The average molecular weight is 231 g/mol. The van der Waals surface area contributed by atoms with Crippen molar-refractivity contribution in [3.8, 4) is 0 Å². The van der Waals surface area contributed by atoms with E-state index in [1.54, 1.807) is 7.11 Å². The number of nitrogens with two attached hydrogens (primary N) is 2. The van der Waals surface area contributed by atoms with Gasteiger partial charge in [0.05, 0.1) is 25.1 Å². The Bertz CT molecular complexity index is 227. The number of hydrogen-bond acceptors (Lipinski definition) is 4. The largest absolute Gasteiger partial charge is 0.383 e. The number of nitrogens with one attached hydrogen (secondary N) is 1. The van der Waals surface area contributed by atoms with Gasteiger partial charge in [0.1, 0.15) is 0 Å². The van der Waals surface area contributed by atoms with Crippen LogP contribution in [0.1, 0.15) is 26.2 Å². The fourth-order valence-corrected chi connectivity index (χ4v) is 1.36. The number of amides is 2. The molecule has 0 aliphatic carbocycles. The normalized spacial score (nSPS) is 14.2. The zero-order valence-corrected chi connectivity index (χ0v) is 9.86. The average Bonchev–Trinajstić information content (AvgIpc) is 2.17. The summed E-state index contributed by atoms with van der Waals surface area (Å²) in [7, 11) is 1.57. The first-order valence-electron chi connectivity index (χ1n) is 5.34. The number of primary amides is 1. The summed E-state index contributed by atoms with van der Waals surface area (Å²) in [6.45, 7) is 2.45. The molecule has 0 heterocycles. The molecule has 0 fully saturated rings. The second-order valence-corrected chi connectivity index (χ2v) is 3.73. The maximum Gasteiger partial charge on any atom is 0.237 e. The van der Waals surface area contributed by atoms with Crippen LogP contribution in [0, 0.1) is 0 Å². The maximum absolute atomic E-state index is 11.5. The number of ether oxygens (including phenoxy) is 1. The van der Waals surface area contributed by atoms with Gasteiger partial charge in [0.15, 0.2) is 0 Å². The third kappa shape index (κ3) is 6.36. The van der Waals surface area contributed by atoms with Crippen LogP contribution in [0.15, 0.2) is 0 Å². The minimum Gasteiger partial charge on any atom is -0.383 e. The van der Waals surface area contributed by atoms with Gasteiger partial charge >= 0.3 is 0 Å². The monoisotopic (exact) mass is 231 g/mol. The van der Waals surface area contributed by atoms with Crippen LogP contribution >= 0.6 is 0 Å². The number of rotatable bonds is 8. The molecule has 2 atom stereocenters. The van der Waals surface area contributed by atoms with E-state index in [0.29, 0.717) is 6.61 Å². The van der Waals surface area contributed by atoms with Crippen molar-refractivity contribution in [1.82, 2.24) is 5.32 Å². The molecule has 94 valence electrons. The van der Waals surface area contributed by atoms with Gasteiger partial charge in [-0.25, -0.2) is 0 Å². The fourth-order valence-electron chi connectivity index (χ4n) is 1.36. The minimum absolute atomic E-state index is 0.0681.